The van der Waals surface area contributed by atoms with Gasteiger partial charge in [-0.1, -0.05) is 100.0 Å². The fraction of sp³-hybridized carbons (Fsp3) is 0.333. The lowest BCUT2D eigenvalue weighted by atomic mass is 9.52. The van der Waals surface area contributed by atoms with E-state index in [2.05, 4.69) is 120 Å². The maximum Gasteiger partial charge on any atom is 0.178 e. The fourth-order valence-corrected chi connectivity index (χ4v) is 10.4. The number of fused-ring (bicyclic) bond motifs is 10. The number of benzene rings is 5. The van der Waals surface area contributed by atoms with E-state index in [0.29, 0.717) is 5.75 Å². The average molecular weight is 667 g/mol. The minimum absolute atomic E-state index is 0.155. The topological polar surface area (TPSA) is 27.7 Å². The van der Waals surface area contributed by atoms with Gasteiger partial charge in [0.1, 0.15) is 17.2 Å². The lowest BCUT2D eigenvalue weighted by molar-refractivity contribution is 0.0642. The van der Waals surface area contributed by atoms with Crippen LogP contribution in [0.15, 0.2) is 91.0 Å². The Bertz CT molecular complexity index is 2120. The zero-order valence-corrected chi connectivity index (χ0v) is 30.6. The van der Waals surface area contributed by atoms with E-state index >= 15 is 0 Å². The molecule has 0 radical (unpaired) electrons. The lowest BCUT2D eigenvalue weighted by Gasteiger charge is -2.52. The Hall–Kier alpha value is -4.15. The van der Waals surface area contributed by atoms with Crippen molar-refractivity contribution in [1.29, 1.82) is 0 Å². The number of hydrogen-bond acceptors (Lipinski definition) is 4. The minimum atomic E-state index is -0.854. The van der Waals surface area contributed by atoms with E-state index in [-0.39, 0.29) is 16.2 Å². The van der Waals surface area contributed by atoms with E-state index in [9.17, 15) is 0 Å². The zero-order chi connectivity index (χ0) is 34.3. The smallest absolute Gasteiger partial charge is 0.178 e. The van der Waals surface area contributed by atoms with E-state index < -0.39 is 5.60 Å². The highest BCUT2D eigenvalue weighted by Crippen LogP contribution is 2.67. The second-order valence-electron chi connectivity index (χ2n) is 16.1. The maximum atomic E-state index is 7.65. The molecule has 8 rings (SSSR count). The molecule has 1 spiro atoms. The van der Waals surface area contributed by atoms with Gasteiger partial charge in [-0.3, -0.25) is 0 Å². The van der Waals surface area contributed by atoms with Gasteiger partial charge >= 0.3 is 0 Å². The van der Waals surface area contributed by atoms with Gasteiger partial charge in [0.05, 0.1) is 14.2 Å². The van der Waals surface area contributed by atoms with Crippen molar-refractivity contribution in [3.05, 3.63) is 130 Å². The van der Waals surface area contributed by atoms with Crippen LogP contribution in [0.4, 0.5) is 0 Å². The summed E-state index contributed by atoms with van der Waals surface area (Å²) in [6.07, 6.45) is 8.02. The summed E-state index contributed by atoms with van der Waals surface area (Å²) in [6, 6.07) is 30.8. The van der Waals surface area contributed by atoms with Crippen LogP contribution in [0, 0.1) is 17.8 Å². The summed E-state index contributed by atoms with van der Waals surface area (Å²) < 4.78 is 19.2. The van der Waals surface area contributed by atoms with Gasteiger partial charge in [-0.05, 0) is 95.0 Å². The van der Waals surface area contributed by atoms with Crippen LogP contribution in [-0.2, 0) is 16.8 Å². The molecule has 2 aliphatic carbocycles. The standard InChI is InChI=1S/C45H46O3S/c1-28-12-14-30(15-13-28)45(31-16-18-32(46-6)19-17-31)21-20-34-40-39(35-22-29(24-49)38(47-7)23-36(35)41(34)48-45)33-10-8-9-11-37(33)44(40)26-42(2,3)25-43(4,5)27-44/h8-23,49H,24-27H2,1-7H3. The fourth-order valence-electron chi connectivity index (χ4n) is 10.2. The van der Waals surface area contributed by atoms with Gasteiger partial charge in [0.15, 0.2) is 5.60 Å². The third kappa shape index (κ3) is 4.85. The Morgan fingerprint density at radius 2 is 1.41 bits per heavy atom. The SMILES string of the molecule is COc1ccc(C2(c3ccc(C)cc3)C=Cc3c4c(c5cc(CS)c(OC)cc5c3O2)-c2ccccc2C42CC(C)(C)CC(C)(C)C2)cc1. The van der Waals surface area contributed by atoms with Gasteiger partial charge in [-0.2, -0.15) is 12.6 Å². The van der Waals surface area contributed by atoms with E-state index in [0.717, 1.165) is 52.2 Å². The second kappa shape index (κ2) is 11.2. The first-order valence-corrected chi connectivity index (χ1v) is 18.1. The predicted molar refractivity (Wildman–Crippen MR) is 205 cm³/mol. The first-order chi connectivity index (χ1) is 23.4. The van der Waals surface area contributed by atoms with Gasteiger partial charge < -0.3 is 14.2 Å². The van der Waals surface area contributed by atoms with Crippen molar-refractivity contribution in [3.63, 3.8) is 0 Å². The Morgan fingerprint density at radius 3 is 2.04 bits per heavy atom. The first-order valence-electron chi connectivity index (χ1n) is 17.5. The highest BCUT2D eigenvalue weighted by Gasteiger charge is 2.55. The van der Waals surface area contributed by atoms with Crippen LogP contribution >= 0.6 is 12.6 Å². The highest BCUT2D eigenvalue weighted by molar-refractivity contribution is 7.79. The summed E-state index contributed by atoms with van der Waals surface area (Å²) in [5.74, 6) is 3.13. The molecular formula is C45H46O3S. The van der Waals surface area contributed by atoms with Crippen molar-refractivity contribution in [2.75, 3.05) is 14.2 Å². The van der Waals surface area contributed by atoms with Gasteiger partial charge in [-0.25, -0.2) is 0 Å². The molecule has 1 atom stereocenters. The molecule has 1 fully saturated rings. The molecule has 49 heavy (non-hydrogen) atoms. The van der Waals surface area contributed by atoms with Crippen molar-refractivity contribution in [1.82, 2.24) is 0 Å². The van der Waals surface area contributed by atoms with Crippen molar-refractivity contribution in [3.8, 4) is 28.4 Å². The number of methoxy groups -OCH3 is 2. The summed E-state index contributed by atoms with van der Waals surface area (Å²) >= 11 is 4.77. The third-order valence-electron chi connectivity index (χ3n) is 11.3. The molecule has 1 saturated carbocycles. The quantitative estimate of drug-likeness (QED) is 0.189. The van der Waals surface area contributed by atoms with Crippen LogP contribution in [0.1, 0.15) is 85.9 Å². The van der Waals surface area contributed by atoms with Crippen LogP contribution in [0.25, 0.3) is 28.0 Å². The van der Waals surface area contributed by atoms with Gasteiger partial charge in [-0.15, -0.1) is 0 Å². The normalized spacial score (nSPS) is 20.7. The molecule has 5 aromatic carbocycles. The number of aryl methyl sites for hydroxylation is 1. The van der Waals surface area contributed by atoms with Crippen LogP contribution < -0.4 is 14.2 Å². The molecule has 3 aliphatic rings. The van der Waals surface area contributed by atoms with E-state index in [4.69, 9.17) is 26.8 Å². The van der Waals surface area contributed by atoms with E-state index in [1.54, 1.807) is 14.2 Å². The molecule has 250 valence electrons. The molecule has 5 aromatic rings. The van der Waals surface area contributed by atoms with Crippen LogP contribution in [0.2, 0.25) is 0 Å². The average Bonchev–Trinajstić information content (AvgIpc) is 3.35. The molecule has 0 bridgehead atoms. The molecule has 1 unspecified atom stereocenters. The Morgan fingerprint density at radius 1 is 0.755 bits per heavy atom. The molecule has 4 heteroatoms. The second-order valence-corrected chi connectivity index (χ2v) is 16.4. The molecule has 1 heterocycles. The zero-order valence-electron chi connectivity index (χ0n) is 29.7. The van der Waals surface area contributed by atoms with Crippen LogP contribution in [-0.4, -0.2) is 14.2 Å². The van der Waals surface area contributed by atoms with Crippen molar-refractivity contribution < 1.29 is 14.2 Å². The molecule has 0 saturated heterocycles. The molecule has 1 aliphatic heterocycles. The van der Waals surface area contributed by atoms with E-state index in [1.165, 1.54) is 45.2 Å². The maximum absolute atomic E-state index is 7.65. The number of rotatable bonds is 5. The molecular weight excluding hydrogens is 621 g/mol. The van der Waals surface area contributed by atoms with Crippen molar-refractivity contribution in [2.24, 2.45) is 10.8 Å². The number of thiol groups is 1. The molecule has 0 amide bonds. The van der Waals surface area contributed by atoms with Gasteiger partial charge in [0.2, 0.25) is 0 Å². The summed E-state index contributed by atoms with van der Waals surface area (Å²) in [5.41, 5.74) is 10.4. The molecule has 3 nitrogen and oxygen atoms in total. The van der Waals surface area contributed by atoms with Crippen LogP contribution in [0.3, 0.4) is 0 Å². The number of ether oxygens (including phenoxy) is 3. The predicted octanol–water partition coefficient (Wildman–Crippen LogP) is 11.4. The summed E-state index contributed by atoms with van der Waals surface area (Å²) in [4.78, 5) is 0. The molecule has 0 N–H and O–H groups in total. The van der Waals surface area contributed by atoms with Gasteiger partial charge in [0, 0.05) is 38.8 Å². The van der Waals surface area contributed by atoms with Crippen molar-refractivity contribution in [2.45, 2.75) is 70.7 Å². The first kappa shape index (κ1) is 32.1. The summed E-state index contributed by atoms with van der Waals surface area (Å²) in [5, 5.41) is 2.26. The largest absolute Gasteiger partial charge is 0.497 e. The summed E-state index contributed by atoms with van der Waals surface area (Å²) in [7, 11) is 3.46. The Kier molecular flexibility index (Phi) is 7.32. The summed E-state index contributed by atoms with van der Waals surface area (Å²) in [6.45, 7) is 12.0. The van der Waals surface area contributed by atoms with Crippen molar-refractivity contribution >= 4 is 29.5 Å². The Balaban J connectivity index is 1.50. The van der Waals surface area contributed by atoms with Gasteiger partial charge in [0.25, 0.3) is 0 Å². The molecule has 0 aromatic heterocycles. The van der Waals surface area contributed by atoms with Crippen LogP contribution in [0.5, 0.6) is 17.2 Å². The lowest BCUT2D eigenvalue weighted by Crippen LogP contribution is -2.44. The minimum Gasteiger partial charge on any atom is -0.497 e. The Labute approximate surface area is 296 Å². The third-order valence-corrected chi connectivity index (χ3v) is 11.7. The highest BCUT2D eigenvalue weighted by atomic mass is 32.1. The van der Waals surface area contributed by atoms with E-state index in [1.807, 2.05) is 12.1 Å². The monoisotopic (exact) mass is 666 g/mol. The number of hydrogen-bond donors (Lipinski definition) is 1.